The third-order valence-corrected chi connectivity index (χ3v) is 3.31. The van der Waals surface area contributed by atoms with Gasteiger partial charge in [-0.15, -0.1) is 0 Å². The number of amides is 2. The van der Waals surface area contributed by atoms with E-state index in [4.69, 9.17) is 9.47 Å². The molecular weight excluding hydrogens is 322 g/mol. The lowest BCUT2D eigenvalue weighted by molar-refractivity contribution is -0.139. The maximum atomic E-state index is 11.7. The SMILES string of the molecule is COc1ccc(OC)c(/C=N\NC(=O)C(=O)NCc2ccccc2)c1. The average Bonchev–Trinajstić information content (AvgIpc) is 2.66. The van der Waals surface area contributed by atoms with Crippen LogP contribution in [0.1, 0.15) is 11.1 Å². The summed E-state index contributed by atoms with van der Waals surface area (Å²) in [6, 6.07) is 14.4. The minimum Gasteiger partial charge on any atom is -0.497 e. The van der Waals surface area contributed by atoms with E-state index in [9.17, 15) is 9.59 Å². The molecule has 2 N–H and O–H groups in total. The van der Waals surface area contributed by atoms with E-state index in [0.29, 0.717) is 17.1 Å². The highest BCUT2D eigenvalue weighted by Gasteiger charge is 2.12. The number of rotatable bonds is 6. The Bertz CT molecular complexity index is 760. The molecule has 2 rings (SSSR count). The Labute approximate surface area is 145 Å². The zero-order valence-electron chi connectivity index (χ0n) is 14.0. The summed E-state index contributed by atoms with van der Waals surface area (Å²) in [5, 5.41) is 6.30. The summed E-state index contributed by atoms with van der Waals surface area (Å²) in [4.78, 5) is 23.5. The Morgan fingerprint density at radius 3 is 2.48 bits per heavy atom. The molecule has 0 spiro atoms. The molecule has 0 atom stereocenters. The Morgan fingerprint density at radius 2 is 1.80 bits per heavy atom. The van der Waals surface area contributed by atoms with Crippen LogP contribution in [-0.4, -0.2) is 32.2 Å². The van der Waals surface area contributed by atoms with Gasteiger partial charge in [-0.05, 0) is 23.8 Å². The zero-order valence-corrected chi connectivity index (χ0v) is 14.0. The van der Waals surface area contributed by atoms with Gasteiger partial charge in [0, 0.05) is 12.1 Å². The van der Waals surface area contributed by atoms with Gasteiger partial charge in [-0.3, -0.25) is 9.59 Å². The van der Waals surface area contributed by atoms with Gasteiger partial charge < -0.3 is 14.8 Å². The molecule has 0 saturated carbocycles. The first-order valence-corrected chi connectivity index (χ1v) is 7.51. The number of methoxy groups -OCH3 is 2. The molecule has 2 aromatic rings. The Kier molecular flexibility index (Phi) is 6.53. The van der Waals surface area contributed by atoms with Crippen molar-refractivity contribution in [3.8, 4) is 11.5 Å². The molecule has 0 fully saturated rings. The van der Waals surface area contributed by atoms with Crippen molar-refractivity contribution in [2.75, 3.05) is 14.2 Å². The quantitative estimate of drug-likeness (QED) is 0.473. The van der Waals surface area contributed by atoms with Crippen LogP contribution in [0, 0.1) is 0 Å². The smallest absolute Gasteiger partial charge is 0.329 e. The van der Waals surface area contributed by atoms with Crippen LogP contribution in [0.2, 0.25) is 0 Å². The number of benzene rings is 2. The molecule has 2 amide bonds. The lowest BCUT2D eigenvalue weighted by atomic mass is 10.2. The fourth-order valence-electron chi connectivity index (χ4n) is 2.01. The van der Waals surface area contributed by atoms with Gasteiger partial charge in [-0.2, -0.15) is 5.10 Å². The van der Waals surface area contributed by atoms with Gasteiger partial charge in [0.1, 0.15) is 11.5 Å². The molecule has 0 aromatic heterocycles. The Balaban J connectivity index is 1.90. The van der Waals surface area contributed by atoms with Gasteiger partial charge in [-0.25, -0.2) is 5.43 Å². The van der Waals surface area contributed by atoms with Gasteiger partial charge in [0.05, 0.1) is 20.4 Å². The molecule has 7 nitrogen and oxygen atoms in total. The third kappa shape index (κ3) is 5.35. The Hall–Kier alpha value is -3.35. The summed E-state index contributed by atoms with van der Waals surface area (Å²) < 4.78 is 10.3. The second-order valence-electron chi connectivity index (χ2n) is 4.98. The fourth-order valence-corrected chi connectivity index (χ4v) is 2.01. The lowest BCUT2D eigenvalue weighted by Crippen LogP contribution is -2.37. The molecule has 130 valence electrons. The molecule has 0 saturated heterocycles. The normalized spacial score (nSPS) is 10.3. The standard InChI is InChI=1S/C18H19N3O4/c1-24-15-8-9-16(25-2)14(10-15)12-20-21-18(23)17(22)19-11-13-6-4-3-5-7-13/h3-10,12H,11H2,1-2H3,(H,19,22)(H,21,23)/b20-12-. The van der Waals surface area contributed by atoms with Gasteiger partial charge >= 0.3 is 11.8 Å². The molecule has 2 aromatic carbocycles. The van der Waals surface area contributed by atoms with Gasteiger partial charge in [0.25, 0.3) is 0 Å². The molecule has 7 heteroatoms. The molecule has 0 unspecified atom stereocenters. The van der Waals surface area contributed by atoms with E-state index in [1.807, 2.05) is 30.3 Å². The van der Waals surface area contributed by atoms with E-state index < -0.39 is 11.8 Å². The van der Waals surface area contributed by atoms with Crippen molar-refractivity contribution in [2.45, 2.75) is 6.54 Å². The van der Waals surface area contributed by atoms with Crippen LogP contribution in [0.25, 0.3) is 0 Å². The highest BCUT2D eigenvalue weighted by Crippen LogP contribution is 2.22. The van der Waals surface area contributed by atoms with Crippen LogP contribution in [0.3, 0.4) is 0 Å². The van der Waals surface area contributed by atoms with Crippen molar-refractivity contribution in [2.24, 2.45) is 5.10 Å². The van der Waals surface area contributed by atoms with Crippen molar-refractivity contribution in [1.82, 2.24) is 10.7 Å². The highest BCUT2D eigenvalue weighted by molar-refractivity contribution is 6.35. The number of hydrogen-bond donors (Lipinski definition) is 2. The average molecular weight is 341 g/mol. The lowest BCUT2D eigenvalue weighted by Gasteiger charge is -2.07. The number of ether oxygens (including phenoxy) is 2. The topological polar surface area (TPSA) is 89.0 Å². The monoisotopic (exact) mass is 341 g/mol. The summed E-state index contributed by atoms with van der Waals surface area (Å²) in [7, 11) is 3.07. The summed E-state index contributed by atoms with van der Waals surface area (Å²) in [5.41, 5.74) is 3.68. The molecule has 25 heavy (non-hydrogen) atoms. The number of carbonyl (C=O) groups is 2. The number of nitrogens with one attached hydrogen (secondary N) is 2. The largest absolute Gasteiger partial charge is 0.497 e. The van der Waals surface area contributed by atoms with E-state index in [2.05, 4.69) is 15.8 Å². The van der Waals surface area contributed by atoms with Crippen molar-refractivity contribution in [1.29, 1.82) is 0 Å². The molecular formula is C18H19N3O4. The Morgan fingerprint density at radius 1 is 1.04 bits per heavy atom. The van der Waals surface area contributed by atoms with Gasteiger partial charge in [0.2, 0.25) is 0 Å². The minimum atomic E-state index is -0.853. The molecule has 0 aliphatic heterocycles. The molecule has 0 radical (unpaired) electrons. The van der Waals surface area contributed by atoms with Crippen LogP contribution in [0.5, 0.6) is 11.5 Å². The van der Waals surface area contributed by atoms with Crippen LogP contribution >= 0.6 is 0 Å². The summed E-state index contributed by atoms with van der Waals surface area (Å²) in [6.07, 6.45) is 1.38. The first kappa shape index (κ1) is 18.0. The predicted octanol–water partition coefficient (Wildman–Crippen LogP) is 1.47. The summed E-state index contributed by atoms with van der Waals surface area (Å²) in [5.74, 6) is -0.436. The maximum Gasteiger partial charge on any atom is 0.329 e. The maximum absolute atomic E-state index is 11.7. The van der Waals surface area contributed by atoms with Crippen LogP contribution in [0.15, 0.2) is 53.6 Å². The third-order valence-electron chi connectivity index (χ3n) is 3.31. The minimum absolute atomic E-state index is 0.264. The van der Waals surface area contributed by atoms with Crippen molar-refractivity contribution >= 4 is 18.0 Å². The second-order valence-corrected chi connectivity index (χ2v) is 4.98. The molecule has 0 bridgehead atoms. The first-order valence-electron chi connectivity index (χ1n) is 7.51. The van der Waals surface area contributed by atoms with E-state index in [-0.39, 0.29) is 6.54 Å². The predicted molar refractivity (Wildman–Crippen MR) is 93.6 cm³/mol. The zero-order chi connectivity index (χ0) is 18.1. The van der Waals surface area contributed by atoms with Gasteiger partial charge in [0.15, 0.2) is 0 Å². The van der Waals surface area contributed by atoms with Gasteiger partial charge in [-0.1, -0.05) is 30.3 Å². The summed E-state index contributed by atoms with van der Waals surface area (Å²) >= 11 is 0. The second kappa shape index (κ2) is 9.07. The van der Waals surface area contributed by atoms with E-state index in [1.54, 1.807) is 25.3 Å². The highest BCUT2D eigenvalue weighted by atomic mass is 16.5. The first-order chi connectivity index (χ1) is 12.1. The van der Waals surface area contributed by atoms with E-state index in [1.165, 1.54) is 13.3 Å². The number of nitrogens with zero attached hydrogens (tertiary/aromatic N) is 1. The summed E-state index contributed by atoms with van der Waals surface area (Å²) in [6.45, 7) is 0.264. The van der Waals surface area contributed by atoms with Crippen LogP contribution in [0.4, 0.5) is 0 Å². The van der Waals surface area contributed by atoms with Crippen LogP contribution in [-0.2, 0) is 16.1 Å². The van der Waals surface area contributed by atoms with Crippen LogP contribution < -0.4 is 20.2 Å². The van der Waals surface area contributed by atoms with E-state index >= 15 is 0 Å². The van der Waals surface area contributed by atoms with Crippen molar-refractivity contribution in [3.05, 3.63) is 59.7 Å². The number of hydrogen-bond acceptors (Lipinski definition) is 5. The number of carbonyl (C=O) groups excluding carboxylic acids is 2. The fraction of sp³-hybridized carbons (Fsp3) is 0.167. The molecule has 0 aliphatic rings. The van der Waals surface area contributed by atoms with Crippen molar-refractivity contribution < 1.29 is 19.1 Å². The molecule has 0 heterocycles. The van der Waals surface area contributed by atoms with Crippen molar-refractivity contribution in [3.63, 3.8) is 0 Å². The van der Waals surface area contributed by atoms with E-state index in [0.717, 1.165) is 5.56 Å². The number of hydrazone groups is 1. The molecule has 0 aliphatic carbocycles.